The molecular formula is C13H19FN2O. The number of carbonyl (C=O) groups is 1. The maximum atomic E-state index is 13.4. The summed E-state index contributed by atoms with van der Waals surface area (Å²) in [6, 6.07) is 4.54. The molecule has 0 aliphatic carbocycles. The van der Waals surface area contributed by atoms with Crippen LogP contribution in [0.4, 0.5) is 4.39 Å². The normalized spacial score (nSPS) is 10.3. The number of hydrogen-bond donors (Lipinski definition) is 2. The first kappa shape index (κ1) is 13.6. The lowest BCUT2D eigenvalue weighted by Crippen LogP contribution is -2.28. The molecule has 0 unspecified atom stereocenters. The first-order valence-electron chi connectivity index (χ1n) is 5.90. The molecular weight excluding hydrogens is 219 g/mol. The molecule has 3 nitrogen and oxygen atoms in total. The fourth-order valence-corrected chi connectivity index (χ4v) is 1.50. The molecule has 0 fully saturated rings. The summed E-state index contributed by atoms with van der Waals surface area (Å²) in [5.74, 6) is -0.817. The maximum Gasteiger partial charge on any atom is 0.254 e. The van der Waals surface area contributed by atoms with Gasteiger partial charge in [0.1, 0.15) is 5.82 Å². The number of nitrogens with one attached hydrogen (secondary N) is 2. The van der Waals surface area contributed by atoms with Crippen molar-refractivity contribution in [3.63, 3.8) is 0 Å². The van der Waals surface area contributed by atoms with Crippen LogP contribution in [0.1, 0.15) is 29.3 Å². The van der Waals surface area contributed by atoms with Gasteiger partial charge in [-0.3, -0.25) is 4.79 Å². The highest BCUT2D eigenvalue weighted by molar-refractivity contribution is 5.94. The molecule has 0 aromatic heterocycles. The van der Waals surface area contributed by atoms with Gasteiger partial charge in [0.05, 0.1) is 5.56 Å². The molecule has 0 saturated carbocycles. The molecule has 1 aromatic rings. The summed E-state index contributed by atoms with van der Waals surface area (Å²) in [7, 11) is 0. The standard InChI is InChI=1S/C13H19FN2O/c1-3-15-7-4-8-16-13(17)11-9-10(2)5-6-12(11)14/h5-6,9,15H,3-4,7-8H2,1-2H3,(H,16,17). The molecule has 17 heavy (non-hydrogen) atoms. The fourth-order valence-electron chi connectivity index (χ4n) is 1.50. The largest absolute Gasteiger partial charge is 0.352 e. The van der Waals surface area contributed by atoms with Gasteiger partial charge in [-0.05, 0) is 38.6 Å². The van der Waals surface area contributed by atoms with Gasteiger partial charge in [0.25, 0.3) is 5.91 Å². The topological polar surface area (TPSA) is 41.1 Å². The number of hydrogen-bond acceptors (Lipinski definition) is 2. The molecule has 0 saturated heterocycles. The van der Waals surface area contributed by atoms with E-state index in [-0.39, 0.29) is 11.5 Å². The summed E-state index contributed by atoms with van der Waals surface area (Å²) in [5.41, 5.74) is 0.998. The number of carbonyl (C=O) groups excluding carboxylic acids is 1. The van der Waals surface area contributed by atoms with Gasteiger partial charge in [-0.15, -0.1) is 0 Å². The summed E-state index contributed by atoms with van der Waals surface area (Å²) >= 11 is 0. The van der Waals surface area contributed by atoms with E-state index >= 15 is 0 Å². The van der Waals surface area contributed by atoms with Crippen molar-refractivity contribution in [1.82, 2.24) is 10.6 Å². The third-order valence-electron chi connectivity index (χ3n) is 2.43. The second kappa shape index (κ2) is 7.01. The first-order valence-corrected chi connectivity index (χ1v) is 5.90. The quantitative estimate of drug-likeness (QED) is 0.743. The van der Waals surface area contributed by atoms with Crippen molar-refractivity contribution in [2.45, 2.75) is 20.3 Å². The molecule has 0 atom stereocenters. The summed E-state index contributed by atoms with van der Waals surface area (Å²) in [4.78, 5) is 11.7. The molecule has 1 rings (SSSR count). The smallest absolute Gasteiger partial charge is 0.254 e. The number of aryl methyl sites for hydroxylation is 1. The molecule has 2 N–H and O–H groups in total. The summed E-state index contributed by atoms with van der Waals surface area (Å²) in [6.07, 6.45) is 0.840. The highest BCUT2D eigenvalue weighted by Crippen LogP contribution is 2.09. The molecule has 0 spiro atoms. The van der Waals surface area contributed by atoms with Gasteiger partial charge in [0.2, 0.25) is 0 Å². The van der Waals surface area contributed by atoms with E-state index in [9.17, 15) is 9.18 Å². The van der Waals surface area contributed by atoms with Gasteiger partial charge >= 0.3 is 0 Å². The zero-order valence-corrected chi connectivity index (χ0v) is 10.3. The van der Waals surface area contributed by atoms with E-state index in [0.29, 0.717) is 6.54 Å². The van der Waals surface area contributed by atoms with Crippen molar-refractivity contribution in [3.05, 3.63) is 35.1 Å². The van der Waals surface area contributed by atoms with E-state index in [4.69, 9.17) is 0 Å². The number of rotatable bonds is 6. The molecule has 0 bridgehead atoms. The predicted molar refractivity (Wildman–Crippen MR) is 66.6 cm³/mol. The van der Waals surface area contributed by atoms with Crippen LogP contribution in [0.15, 0.2) is 18.2 Å². The number of benzene rings is 1. The zero-order valence-electron chi connectivity index (χ0n) is 10.3. The van der Waals surface area contributed by atoms with Crippen LogP contribution in [0.3, 0.4) is 0 Å². The van der Waals surface area contributed by atoms with Gasteiger partial charge in [-0.25, -0.2) is 4.39 Å². The van der Waals surface area contributed by atoms with Crippen LogP contribution < -0.4 is 10.6 Å². The maximum absolute atomic E-state index is 13.4. The van der Waals surface area contributed by atoms with Crippen LogP contribution in [0.25, 0.3) is 0 Å². The van der Waals surface area contributed by atoms with E-state index in [1.807, 2.05) is 13.8 Å². The first-order chi connectivity index (χ1) is 8.15. The van der Waals surface area contributed by atoms with Crippen LogP contribution in [0.2, 0.25) is 0 Å². The SMILES string of the molecule is CCNCCCNC(=O)c1cc(C)ccc1F. The Kier molecular flexibility index (Phi) is 5.63. The highest BCUT2D eigenvalue weighted by atomic mass is 19.1. The molecule has 94 valence electrons. The minimum atomic E-state index is -0.472. The Bertz CT molecular complexity index is 380. The summed E-state index contributed by atoms with van der Waals surface area (Å²) in [5, 5.41) is 5.86. The average Bonchev–Trinajstić information content (AvgIpc) is 2.32. The van der Waals surface area contributed by atoms with E-state index in [0.717, 1.165) is 25.1 Å². The molecule has 0 aliphatic heterocycles. The van der Waals surface area contributed by atoms with Crippen LogP contribution in [-0.2, 0) is 0 Å². The zero-order chi connectivity index (χ0) is 12.7. The van der Waals surface area contributed by atoms with E-state index < -0.39 is 5.82 Å². The molecule has 0 aliphatic rings. The van der Waals surface area contributed by atoms with Crippen LogP contribution >= 0.6 is 0 Å². The van der Waals surface area contributed by atoms with Crippen molar-refractivity contribution in [3.8, 4) is 0 Å². The molecule has 1 amide bonds. The molecule has 1 aromatic carbocycles. The lowest BCUT2D eigenvalue weighted by Gasteiger charge is -2.07. The van der Waals surface area contributed by atoms with E-state index in [1.165, 1.54) is 6.07 Å². The van der Waals surface area contributed by atoms with Gasteiger partial charge < -0.3 is 10.6 Å². The Labute approximate surface area is 101 Å². The van der Waals surface area contributed by atoms with Crippen molar-refractivity contribution in [2.24, 2.45) is 0 Å². The molecule has 0 heterocycles. The van der Waals surface area contributed by atoms with Crippen LogP contribution in [-0.4, -0.2) is 25.5 Å². The Morgan fingerprint density at radius 1 is 1.35 bits per heavy atom. The highest BCUT2D eigenvalue weighted by Gasteiger charge is 2.10. The molecule has 4 heteroatoms. The predicted octanol–water partition coefficient (Wildman–Crippen LogP) is 1.86. The van der Waals surface area contributed by atoms with Gasteiger partial charge in [-0.2, -0.15) is 0 Å². The third-order valence-corrected chi connectivity index (χ3v) is 2.43. The lowest BCUT2D eigenvalue weighted by molar-refractivity contribution is 0.0949. The Balaban J connectivity index is 2.44. The van der Waals surface area contributed by atoms with Crippen molar-refractivity contribution >= 4 is 5.91 Å². The van der Waals surface area contributed by atoms with Crippen molar-refractivity contribution in [2.75, 3.05) is 19.6 Å². The minimum absolute atomic E-state index is 0.119. The van der Waals surface area contributed by atoms with Gasteiger partial charge in [-0.1, -0.05) is 18.6 Å². The van der Waals surface area contributed by atoms with Crippen LogP contribution in [0, 0.1) is 12.7 Å². The monoisotopic (exact) mass is 238 g/mol. The Morgan fingerprint density at radius 2 is 2.12 bits per heavy atom. The number of amides is 1. The summed E-state index contributed by atoms with van der Waals surface area (Å²) in [6.45, 7) is 6.19. The van der Waals surface area contributed by atoms with Crippen LogP contribution in [0.5, 0.6) is 0 Å². The van der Waals surface area contributed by atoms with E-state index in [1.54, 1.807) is 12.1 Å². The fraction of sp³-hybridized carbons (Fsp3) is 0.462. The average molecular weight is 238 g/mol. The van der Waals surface area contributed by atoms with Gasteiger partial charge in [0, 0.05) is 6.54 Å². The van der Waals surface area contributed by atoms with Crippen molar-refractivity contribution < 1.29 is 9.18 Å². The lowest BCUT2D eigenvalue weighted by atomic mass is 10.1. The third kappa shape index (κ3) is 4.53. The van der Waals surface area contributed by atoms with Gasteiger partial charge in [0.15, 0.2) is 0 Å². The Morgan fingerprint density at radius 3 is 2.82 bits per heavy atom. The molecule has 0 radical (unpaired) electrons. The van der Waals surface area contributed by atoms with E-state index in [2.05, 4.69) is 10.6 Å². The summed E-state index contributed by atoms with van der Waals surface area (Å²) < 4.78 is 13.4. The number of halogens is 1. The van der Waals surface area contributed by atoms with Crippen molar-refractivity contribution in [1.29, 1.82) is 0 Å². The second-order valence-corrected chi connectivity index (χ2v) is 3.95. The second-order valence-electron chi connectivity index (χ2n) is 3.95. The minimum Gasteiger partial charge on any atom is -0.352 e. The Hall–Kier alpha value is -1.42.